The fraction of sp³-hybridized carbons (Fsp3) is 0.462. The maximum Gasteiger partial charge on any atom is 0.254 e. The summed E-state index contributed by atoms with van der Waals surface area (Å²) in [6, 6.07) is 0.853. The van der Waals surface area contributed by atoms with Crippen molar-refractivity contribution in [2.75, 3.05) is 0 Å². The highest BCUT2D eigenvalue weighted by Gasteiger charge is 2.25. The van der Waals surface area contributed by atoms with Crippen LogP contribution in [0, 0.1) is 17.6 Å². The molecule has 21 heavy (non-hydrogen) atoms. The van der Waals surface area contributed by atoms with Crippen LogP contribution in [0.15, 0.2) is 17.0 Å². The molecule has 0 saturated heterocycles. The van der Waals surface area contributed by atoms with Crippen LogP contribution in [0.25, 0.3) is 0 Å². The molecule has 1 aromatic carbocycles. The molecule has 118 valence electrons. The van der Waals surface area contributed by atoms with Gasteiger partial charge in [0.1, 0.15) is 10.7 Å². The molecule has 1 rings (SSSR count). The van der Waals surface area contributed by atoms with Gasteiger partial charge in [0.2, 0.25) is 10.0 Å². The molecule has 0 saturated carbocycles. The molecule has 3 N–H and O–H groups in total. The van der Waals surface area contributed by atoms with E-state index in [0.29, 0.717) is 18.6 Å². The largest absolute Gasteiger partial charge is 0.349 e. The highest BCUT2D eigenvalue weighted by molar-refractivity contribution is 7.89. The van der Waals surface area contributed by atoms with Gasteiger partial charge in [0, 0.05) is 6.04 Å². The van der Waals surface area contributed by atoms with Crippen LogP contribution in [0.2, 0.25) is 0 Å². The SMILES string of the molecule is CCC(NC(=O)c1cc(F)cc(S(N)(=O)=O)c1F)C(C)C. The van der Waals surface area contributed by atoms with Gasteiger partial charge in [-0.1, -0.05) is 20.8 Å². The summed E-state index contributed by atoms with van der Waals surface area (Å²) in [4.78, 5) is 11.0. The first-order valence-corrected chi connectivity index (χ1v) is 7.95. The van der Waals surface area contributed by atoms with Crippen molar-refractivity contribution in [1.82, 2.24) is 5.32 Å². The Morgan fingerprint density at radius 3 is 2.33 bits per heavy atom. The van der Waals surface area contributed by atoms with Crippen LogP contribution in [0.5, 0.6) is 0 Å². The van der Waals surface area contributed by atoms with Gasteiger partial charge in [-0.25, -0.2) is 22.3 Å². The second-order valence-corrected chi connectivity index (χ2v) is 6.57. The highest BCUT2D eigenvalue weighted by atomic mass is 32.2. The lowest BCUT2D eigenvalue weighted by molar-refractivity contribution is 0.0919. The van der Waals surface area contributed by atoms with E-state index in [-0.39, 0.29) is 12.0 Å². The summed E-state index contributed by atoms with van der Waals surface area (Å²) >= 11 is 0. The van der Waals surface area contributed by atoms with Gasteiger partial charge in [0.25, 0.3) is 5.91 Å². The monoisotopic (exact) mass is 320 g/mol. The number of carbonyl (C=O) groups is 1. The predicted molar refractivity (Wildman–Crippen MR) is 74.1 cm³/mol. The Morgan fingerprint density at radius 1 is 1.33 bits per heavy atom. The third kappa shape index (κ3) is 4.21. The van der Waals surface area contributed by atoms with Gasteiger partial charge in [0.05, 0.1) is 5.56 Å². The molecule has 0 aliphatic heterocycles. The lowest BCUT2D eigenvalue weighted by Gasteiger charge is -2.21. The number of rotatable bonds is 5. The Hall–Kier alpha value is -1.54. The third-order valence-corrected chi connectivity index (χ3v) is 4.03. The minimum Gasteiger partial charge on any atom is -0.349 e. The Bertz CT molecular complexity index is 645. The summed E-state index contributed by atoms with van der Waals surface area (Å²) in [5.41, 5.74) is -0.682. The third-order valence-electron chi connectivity index (χ3n) is 3.12. The summed E-state index contributed by atoms with van der Waals surface area (Å²) in [7, 11) is -4.46. The summed E-state index contributed by atoms with van der Waals surface area (Å²) in [6.45, 7) is 5.57. The van der Waals surface area contributed by atoms with Crippen LogP contribution in [0.3, 0.4) is 0 Å². The molecule has 0 spiro atoms. The van der Waals surface area contributed by atoms with Crippen molar-refractivity contribution in [3.63, 3.8) is 0 Å². The number of halogens is 2. The van der Waals surface area contributed by atoms with E-state index >= 15 is 0 Å². The number of primary sulfonamides is 1. The molecule has 0 aromatic heterocycles. The molecule has 0 heterocycles. The Labute approximate surface area is 122 Å². The normalized spacial score (nSPS) is 13.3. The average Bonchev–Trinajstić information content (AvgIpc) is 2.36. The van der Waals surface area contributed by atoms with Gasteiger partial charge in [-0.15, -0.1) is 0 Å². The molecule has 1 aromatic rings. The van der Waals surface area contributed by atoms with Crippen molar-refractivity contribution in [1.29, 1.82) is 0 Å². The zero-order valence-corrected chi connectivity index (χ0v) is 12.8. The fourth-order valence-corrected chi connectivity index (χ4v) is 2.56. The number of nitrogens with one attached hydrogen (secondary N) is 1. The van der Waals surface area contributed by atoms with Gasteiger partial charge in [0.15, 0.2) is 5.82 Å². The molecule has 5 nitrogen and oxygen atoms in total. The molecule has 0 fully saturated rings. The Morgan fingerprint density at radius 2 is 1.90 bits per heavy atom. The van der Waals surface area contributed by atoms with Crippen molar-refractivity contribution >= 4 is 15.9 Å². The summed E-state index contributed by atoms with van der Waals surface area (Å²) in [5.74, 6) is -3.19. The van der Waals surface area contributed by atoms with Crippen molar-refractivity contribution in [2.45, 2.75) is 38.1 Å². The fourth-order valence-electron chi connectivity index (χ4n) is 1.92. The Kier molecular flexibility index (Phi) is 5.41. The van der Waals surface area contributed by atoms with E-state index in [1.807, 2.05) is 20.8 Å². The first-order chi connectivity index (χ1) is 9.57. The number of nitrogens with two attached hydrogens (primary N) is 1. The number of hydrogen-bond donors (Lipinski definition) is 2. The van der Waals surface area contributed by atoms with E-state index < -0.39 is 38.0 Å². The second-order valence-electron chi connectivity index (χ2n) is 5.04. The van der Waals surface area contributed by atoms with Crippen LogP contribution in [-0.4, -0.2) is 20.4 Å². The highest BCUT2D eigenvalue weighted by Crippen LogP contribution is 2.20. The van der Waals surface area contributed by atoms with E-state index in [4.69, 9.17) is 5.14 Å². The van der Waals surface area contributed by atoms with E-state index in [1.54, 1.807) is 0 Å². The smallest absolute Gasteiger partial charge is 0.254 e. The first kappa shape index (κ1) is 17.5. The molecule has 0 radical (unpaired) electrons. The van der Waals surface area contributed by atoms with Gasteiger partial charge in [-0.05, 0) is 24.5 Å². The maximum atomic E-state index is 14.1. The van der Waals surface area contributed by atoms with Crippen molar-refractivity contribution in [2.24, 2.45) is 11.1 Å². The van der Waals surface area contributed by atoms with E-state index in [2.05, 4.69) is 5.32 Å². The van der Waals surface area contributed by atoms with Gasteiger partial charge in [-0.3, -0.25) is 4.79 Å². The number of carbonyl (C=O) groups excluding carboxylic acids is 1. The molecular weight excluding hydrogens is 302 g/mol. The van der Waals surface area contributed by atoms with E-state index in [0.717, 1.165) is 0 Å². The summed E-state index contributed by atoms with van der Waals surface area (Å²) in [6.07, 6.45) is 0.600. The summed E-state index contributed by atoms with van der Waals surface area (Å²) < 4.78 is 49.9. The van der Waals surface area contributed by atoms with Gasteiger partial charge < -0.3 is 5.32 Å². The van der Waals surface area contributed by atoms with E-state index in [9.17, 15) is 22.0 Å². The average molecular weight is 320 g/mol. The minimum absolute atomic E-state index is 0.0910. The standard InChI is InChI=1S/C13H18F2N2O3S/c1-4-10(7(2)3)17-13(18)9-5-8(14)6-11(12(9)15)21(16,19)20/h5-7,10H,4H2,1-3H3,(H,17,18)(H2,16,19,20). The first-order valence-electron chi connectivity index (χ1n) is 6.40. The molecule has 0 bridgehead atoms. The van der Waals surface area contributed by atoms with Crippen LogP contribution in [0.4, 0.5) is 8.78 Å². The number of sulfonamides is 1. The molecule has 1 atom stereocenters. The molecule has 1 amide bonds. The van der Waals surface area contributed by atoms with Crippen LogP contribution in [-0.2, 0) is 10.0 Å². The lowest BCUT2D eigenvalue weighted by atomic mass is 10.0. The zero-order valence-electron chi connectivity index (χ0n) is 12.0. The minimum atomic E-state index is -4.46. The molecule has 0 aliphatic carbocycles. The molecule has 0 aliphatic rings. The molecular formula is C13H18F2N2O3S. The predicted octanol–water partition coefficient (Wildman–Crippen LogP) is 1.78. The number of benzene rings is 1. The van der Waals surface area contributed by atoms with Gasteiger partial charge in [-0.2, -0.15) is 0 Å². The maximum absolute atomic E-state index is 14.1. The topological polar surface area (TPSA) is 89.3 Å². The second kappa shape index (κ2) is 6.48. The summed E-state index contributed by atoms with van der Waals surface area (Å²) in [5, 5.41) is 7.35. The lowest BCUT2D eigenvalue weighted by Crippen LogP contribution is -2.38. The van der Waals surface area contributed by atoms with Crippen LogP contribution in [0.1, 0.15) is 37.6 Å². The molecule has 1 unspecified atom stereocenters. The number of amides is 1. The Balaban J connectivity index is 3.25. The molecule has 8 heteroatoms. The van der Waals surface area contributed by atoms with Crippen LogP contribution >= 0.6 is 0 Å². The van der Waals surface area contributed by atoms with Crippen LogP contribution < -0.4 is 10.5 Å². The van der Waals surface area contributed by atoms with Crippen molar-refractivity contribution < 1.29 is 22.0 Å². The zero-order chi connectivity index (χ0) is 16.4. The van der Waals surface area contributed by atoms with Gasteiger partial charge >= 0.3 is 0 Å². The van der Waals surface area contributed by atoms with Crippen molar-refractivity contribution in [3.05, 3.63) is 29.3 Å². The van der Waals surface area contributed by atoms with Crippen molar-refractivity contribution in [3.8, 4) is 0 Å². The van der Waals surface area contributed by atoms with E-state index in [1.165, 1.54) is 0 Å². The number of hydrogen-bond acceptors (Lipinski definition) is 3. The quantitative estimate of drug-likeness (QED) is 0.866.